The molecule has 0 spiro atoms. The SMILES string of the molecule is Cc1nc2ccc(S(=O)(=O)N[C@@H]3CC[C@@H]3NC3CCCC3)cc2s1. The van der Waals surface area contributed by atoms with Gasteiger partial charge in [0.1, 0.15) is 0 Å². The van der Waals surface area contributed by atoms with Crippen LogP contribution in [0.3, 0.4) is 0 Å². The zero-order valence-corrected chi connectivity index (χ0v) is 15.4. The highest BCUT2D eigenvalue weighted by atomic mass is 32.2. The lowest BCUT2D eigenvalue weighted by molar-refractivity contribution is 0.243. The van der Waals surface area contributed by atoms with Gasteiger partial charge < -0.3 is 5.32 Å². The van der Waals surface area contributed by atoms with Gasteiger partial charge in [0.2, 0.25) is 10.0 Å². The van der Waals surface area contributed by atoms with Crippen molar-refractivity contribution in [2.75, 3.05) is 0 Å². The van der Waals surface area contributed by atoms with E-state index in [1.54, 1.807) is 18.2 Å². The molecule has 0 amide bonds. The topological polar surface area (TPSA) is 71.1 Å². The Morgan fingerprint density at radius 1 is 1.12 bits per heavy atom. The van der Waals surface area contributed by atoms with Crippen LogP contribution in [0.4, 0.5) is 0 Å². The van der Waals surface area contributed by atoms with Gasteiger partial charge in [0.05, 0.1) is 20.1 Å². The second kappa shape index (κ2) is 6.37. The number of hydrogen-bond donors (Lipinski definition) is 2. The summed E-state index contributed by atoms with van der Waals surface area (Å²) in [5, 5.41) is 4.59. The standard InChI is InChI=1S/C17H23N3O2S2/c1-11-18-16-7-6-13(10-17(16)23-11)24(21,22)20-15-9-8-14(15)19-12-4-2-3-5-12/h6-7,10,12,14-15,19-20H,2-5,8-9H2,1H3/t14-,15+/m0/s1. The molecule has 0 aliphatic heterocycles. The van der Waals surface area contributed by atoms with Crippen molar-refractivity contribution in [1.82, 2.24) is 15.0 Å². The first-order valence-electron chi connectivity index (χ1n) is 8.67. The third kappa shape index (κ3) is 3.22. The molecular weight excluding hydrogens is 342 g/mol. The predicted octanol–water partition coefficient (Wildman–Crippen LogP) is 2.95. The molecule has 5 nitrogen and oxygen atoms in total. The molecule has 2 aliphatic carbocycles. The molecule has 0 unspecified atom stereocenters. The largest absolute Gasteiger partial charge is 0.310 e. The average Bonchev–Trinajstić information content (AvgIpc) is 3.16. The molecule has 0 saturated heterocycles. The van der Waals surface area contributed by atoms with Crippen LogP contribution >= 0.6 is 11.3 Å². The highest BCUT2D eigenvalue weighted by Gasteiger charge is 2.36. The fourth-order valence-electron chi connectivity index (χ4n) is 3.69. The Kier molecular flexibility index (Phi) is 4.36. The number of aryl methyl sites for hydroxylation is 1. The number of rotatable bonds is 5. The van der Waals surface area contributed by atoms with Gasteiger partial charge >= 0.3 is 0 Å². The van der Waals surface area contributed by atoms with Crippen LogP contribution in [0.1, 0.15) is 43.5 Å². The lowest BCUT2D eigenvalue weighted by Gasteiger charge is -2.39. The Hall–Kier alpha value is -1.02. The minimum atomic E-state index is -3.48. The third-order valence-corrected chi connectivity index (χ3v) is 7.58. The predicted molar refractivity (Wildman–Crippen MR) is 96.9 cm³/mol. The summed E-state index contributed by atoms with van der Waals surface area (Å²) >= 11 is 1.53. The molecular formula is C17H23N3O2S2. The van der Waals surface area contributed by atoms with Crippen molar-refractivity contribution in [3.05, 3.63) is 23.2 Å². The maximum atomic E-state index is 12.7. The van der Waals surface area contributed by atoms with Gasteiger partial charge in [-0.1, -0.05) is 12.8 Å². The molecule has 1 aromatic heterocycles. The van der Waals surface area contributed by atoms with E-state index in [9.17, 15) is 8.42 Å². The van der Waals surface area contributed by atoms with Crippen LogP contribution in [-0.4, -0.2) is 31.5 Å². The first kappa shape index (κ1) is 16.4. The van der Waals surface area contributed by atoms with Gasteiger partial charge in [-0.2, -0.15) is 0 Å². The number of aromatic nitrogens is 1. The summed E-state index contributed by atoms with van der Waals surface area (Å²) in [6.45, 7) is 1.94. The molecule has 2 aliphatic rings. The molecule has 2 saturated carbocycles. The van der Waals surface area contributed by atoms with E-state index in [2.05, 4.69) is 15.0 Å². The number of nitrogens with zero attached hydrogens (tertiary/aromatic N) is 1. The van der Waals surface area contributed by atoms with E-state index in [1.807, 2.05) is 6.92 Å². The van der Waals surface area contributed by atoms with E-state index >= 15 is 0 Å². The average molecular weight is 366 g/mol. The zero-order valence-electron chi connectivity index (χ0n) is 13.8. The van der Waals surface area contributed by atoms with E-state index in [4.69, 9.17) is 0 Å². The summed E-state index contributed by atoms with van der Waals surface area (Å²) in [7, 11) is -3.48. The van der Waals surface area contributed by atoms with Crippen molar-refractivity contribution in [2.24, 2.45) is 0 Å². The summed E-state index contributed by atoms with van der Waals surface area (Å²) in [6, 6.07) is 6.04. The highest BCUT2D eigenvalue weighted by molar-refractivity contribution is 7.89. The molecule has 2 atom stereocenters. The van der Waals surface area contributed by atoms with Gasteiger partial charge in [-0.05, 0) is 50.8 Å². The number of thiazole rings is 1. The van der Waals surface area contributed by atoms with E-state index in [-0.39, 0.29) is 12.1 Å². The van der Waals surface area contributed by atoms with Crippen molar-refractivity contribution >= 4 is 31.6 Å². The molecule has 2 fully saturated rings. The van der Waals surface area contributed by atoms with Gasteiger partial charge in [0, 0.05) is 18.1 Å². The lowest BCUT2D eigenvalue weighted by Crippen LogP contribution is -2.58. The van der Waals surface area contributed by atoms with Gasteiger partial charge in [-0.25, -0.2) is 18.1 Å². The number of nitrogens with one attached hydrogen (secondary N) is 2. The number of fused-ring (bicyclic) bond motifs is 1. The van der Waals surface area contributed by atoms with Gasteiger partial charge in [0.25, 0.3) is 0 Å². The first-order valence-corrected chi connectivity index (χ1v) is 11.0. The Morgan fingerprint density at radius 2 is 1.88 bits per heavy atom. The molecule has 24 heavy (non-hydrogen) atoms. The molecule has 1 aromatic carbocycles. The number of sulfonamides is 1. The molecule has 0 radical (unpaired) electrons. The third-order valence-electron chi connectivity index (χ3n) is 5.16. The molecule has 4 rings (SSSR count). The molecule has 2 N–H and O–H groups in total. The van der Waals surface area contributed by atoms with Crippen LogP contribution in [0.15, 0.2) is 23.1 Å². The van der Waals surface area contributed by atoms with Crippen LogP contribution < -0.4 is 10.0 Å². The molecule has 7 heteroatoms. The van der Waals surface area contributed by atoms with Gasteiger partial charge in [0.15, 0.2) is 0 Å². The van der Waals surface area contributed by atoms with E-state index in [0.29, 0.717) is 10.9 Å². The molecule has 0 bridgehead atoms. The molecule has 2 aromatic rings. The van der Waals surface area contributed by atoms with Crippen molar-refractivity contribution in [1.29, 1.82) is 0 Å². The minimum Gasteiger partial charge on any atom is -0.310 e. The Bertz CT molecular complexity index is 841. The Balaban J connectivity index is 1.47. The fourth-order valence-corrected chi connectivity index (χ4v) is 5.97. The monoisotopic (exact) mass is 365 g/mol. The summed E-state index contributed by atoms with van der Waals surface area (Å²) in [4.78, 5) is 4.73. The minimum absolute atomic E-state index is 0.00879. The molecule has 1 heterocycles. The van der Waals surface area contributed by atoms with Crippen molar-refractivity contribution in [3.63, 3.8) is 0 Å². The summed E-state index contributed by atoms with van der Waals surface area (Å²) in [5.74, 6) is 0. The Labute approximate surface area is 146 Å². The van der Waals surface area contributed by atoms with Crippen LogP contribution in [0, 0.1) is 6.92 Å². The summed E-state index contributed by atoms with van der Waals surface area (Å²) in [5.41, 5.74) is 0.862. The van der Waals surface area contributed by atoms with Crippen molar-refractivity contribution in [2.45, 2.75) is 68.5 Å². The van der Waals surface area contributed by atoms with E-state index in [0.717, 1.165) is 28.1 Å². The van der Waals surface area contributed by atoms with Crippen molar-refractivity contribution in [3.8, 4) is 0 Å². The van der Waals surface area contributed by atoms with Crippen LogP contribution in [-0.2, 0) is 10.0 Å². The smallest absolute Gasteiger partial charge is 0.240 e. The maximum Gasteiger partial charge on any atom is 0.240 e. The second-order valence-corrected chi connectivity index (χ2v) is 9.87. The summed E-state index contributed by atoms with van der Waals surface area (Å²) < 4.78 is 29.2. The van der Waals surface area contributed by atoms with Crippen LogP contribution in [0.5, 0.6) is 0 Å². The number of hydrogen-bond acceptors (Lipinski definition) is 5. The number of benzene rings is 1. The second-order valence-electron chi connectivity index (χ2n) is 6.92. The van der Waals surface area contributed by atoms with Gasteiger partial charge in [-0.3, -0.25) is 0 Å². The summed E-state index contributed by atoms with van der Waals surface area (Å²) in [6.07, 6.45) is 6.97. The van der Waals surface area contributed by atoms with Crippen molar-refractivity contribution < 1.29 is 8.42 Å². The van der Waals surface area contributed by atoms with Gasteiger partial charge in [-0.15, -0.1) is 11.3 Å². The van der Waals surface area contributed by atoms with Crippen LogP contribution in [0.2, 0.25) is 0 Å². The molecule has 130 valence electrons. The highest BCUT2D eigenvalue weighted by Crippen LogP contribution is 2.28. The quantitative estimate of drug-likeness (QED) is 0.855. The van der Waals surface area contributed by atoms with E-state index < -0.39 is 10.0 Å². The van der Waals surface area contributed by atoms with Crippen LogP contribution in [0.25, 0.3) is 10.2 Å². The fraction of sp³-hybridized carbons (Fsp3) is 0.588. The zero-order chi connectivity index (χ0) is 16.7. The van der Waals surface area contributed by atoms with E-state index in [1.165, 1.54) is 37.0 Å². The normalized spacial score (nSPS) is 25.2. The lowest BCUT2D eigenvalue weighted by atomic mass is 9.86. The Morgan fingerprint density at radius 3 is 2.58 bits per heavy atom. The maximum absolute atomic E-state index is 12.7. The first-order chi connectivity index (χ1) is 11.5.